The van der Waals surface area contributed by atoms with Gasteiger partial charge in [-0.25, -0.2) is 4.98 Å². The second-order valence-corrected chi connectivity index (χ2v) is 3.30. The molecule has 2 rings (SSSR count). The van der Waals surface area contributed by atoms with E-state index in [1.54, 1.807) is 6.20 Å². The lowest BCUT2D eigenvalue weighted by Gasteiger charge is -2.03. The van der Waals surface area contributed by atoms with E-state index in [-0.39, 0.29) is 5.91 Å². The molecule has 0 radical (unpaired) electrons. The molecule has 0 aliphatic carbocycles. The minimum Gasteiger partial charge on any atom is -0.309 e. The first-order valence-corrected chi connectivity index (χ1v) is 4.94. The summed E-state index contributed by atoms with van der Waals surface area (Å²) in [4.78, 5) is 19.4. The summed E-state index contributed by atoms with van der Waals surface area (Å²) in [6.07, 6.45) is 4.96. The third kappa shape index (κ3) is 2.88. The molecule has 4 nitrogen and oxygen atoms in total. The van der Waals surface area contributed by atoms with Crippen LogP contribution in [0.25, 0.3) is 0 Å². The largest absolute Gasteiger partial charge is 0.309 e. The normalized spacial score (nSPS) is 9.75. The molecule has 0 fully saturated rings. The van der Waals surface area contributed by atoms with Gasteiger partial charge in [0.2, 0.25) is 5.91 Å². The predicted octanol–water partition coefficient (Wildman–Crippen LogP) is 1.66. The number of aromatic nitrogens is 2. The van der Waals surface area contributed by atoms with Crippen LogP contribution < -0.4 is 5.32 Å². The second kappa shape index (κ2) is 5.02. The molecule has 0 saturated heterocycles. The quantitative estimate of drug-likeness (QED) is 0.843. The van der Waals surface area contributed by atoms with Crippen LogP contribution in [-0.4, -0.2) is 15.9 Å². The van der Waals surface area contributed by atoms with E-state index in [9.17, 15) is 4.79 Å². The van der Waals surface area contributed by atoms with Crippen molar-refractivity contribution in [1.29, 1.82) is 0 Å². The number of benzene rings is 1. The monoisotopic (exact) mass is 213 g/mol. The van der Waals surface area contributed by atoms with Gasteiger partial charge in [-0.15, -0.1) is 0 Å². The Labute approximate surface area is 93.4 Å². The molecule has 16 heavy (non-hydrogen) atoms. The van der Waals surface area contributed by atoms with E-state index in [0.717, 1.165) is 5.56 Å². The van der Waals surface area contributed by atoms with Crippen LogP contribution in [0.2, 0.25) is 0 Å². The Hall–Kier alpha value is -2.23. The van der Waals surface area contributed by atoms with Crippen LogP contribution in [0.5, 0.6) is 0 Å². The number of hydrogen-bond donors (Lipinski definition) is 1. The third-order valence-corrected chi connectivity index (χ3v) is 2.04. The first kappa shape index (κ1) is 10.3. The zero-order valence-electron chi connectivity index (χ0n) is 8.63. The second-order valence-electron chi connectivity index (χ2n) is 3.30. The number of amides is 1. The van der Waals surface area contributed by atoms with Gasteiger partial charge < -0.3 is 5.32 Å². The lowest BCUT2D eigenvalue weighted by atomic mass is 10.1. The van der Waals surface area contributed by atoms with Gasteiger partial charge in [0.25, 0.3) is 0 Å². The Balaban J connectivity index is 1.95. The summed E-state index contributed by atoms with van der Waals surface area (Å²) in [5.74, 6) is 0.384. The van der Waals surface area contributed by atoms with E-state index in [2.05, 4.69) is 15.3 Å². The number of rotatable bonds is 3. The summed E-state index contributed by atoms with van der Waals surface area (Å²) >= 11 is 0. The fourth-order valence-corrected chi connectivity index (χ4v) is 1.33. The van der Waals surface area contributed by atoms with Crippen LogP contribution in [0.4, 0.5) is 5.82 Å². The van der Waals surface area contributed by atoms with Gasteiger partial charge in [-0.3, -0.25) is 9.78 Å². The van der Waals surface area contributed by atoms with Crippen molar-refractivity contribution in [1.82, 2.24) is 9.97 Å². The summed E-state index contributed by atoms with van der Waals surface area (Å²) in [5.41, 5.74) is 0.976. The summed E-state index contributed by atoms with van der Waals surface area (Å²) in [6, 6.07) is 9.56. The fourth-order valence-electron chi connectivity index (χ4n) is 1.33. The summed E-state index contributed by atoms with van der Waals surface area (Å²) in [6.45, 7) is 0. The first-order valence-electron chi connectivity index (χ1n) is 4.94. The average Bonchev–Trinajstić information content (AvgIpc) is 2.31. The van der Waals surface area contributed by atoms with Gasteiger partial charge in [0, 0.05) is 12.4 Å². The molecule has 0 saturated carbocycles. The van der Waals surface area contributed by atoms with Gasteiger partial charge in [0.15, 0.2) is 5.82 Å². The van der Waals surface area contributed by atoms with E-state index < -0.39 is 0 Å². The predicted molar refractivity (Wildman–Crippen MR) is 60.8 cm³/mol. The summed E-state index contributed by atoms with van der Waals surface area (Å²) in [7, 11) is 0. The van der Waals surface area contributed by atoms with Crippen molar-refractivity contribution in [3.05, 3.63) is 54.5 Å². The number of carbonyl (C=O) groups excluding carboxylic acids is 1. The lowest BCUT2D eigenvalue weighted by molar-refractivity contribution is -0.115. The van der Waals surface area contributed by atoms with Gasteiger partial charge in [-0.2, -0.15) is 0 Å². The molecule has 1 aromatic heterocycles. The maximum absolute atomic E-state index is 11.6. The molecule has 80 valence electrons. The van der Waals surface area contributed by atoms with E-state index in [4.69, 9.17) is 0 Å². The minimum absolute atomic E-state index is 0.0910. The van der Waals surface area contributed by atoms with Crippen molar-refractivity contribution in [2.75, 3.05) is 5.32 Å². The van der Waals surface area contributed by atoms with Gasteiger partial charge >= 0.3 is 0 Å². The highest BCUT2D eigenvalue weighted by Crippen LogP contribution is 2.02. The number of nitrogens with one attached hydrogen (secondary N) is 1. The Bertz CT molecular complexity index is 413. The smallest absolute Gasteiger partial charge is 0.229 e. The Morgan fingerprint density at radius 2 is 2.00 bits per heavy atom. The van der Waals surface area contributed by atoms with Crippen LogP contribution >= 0.6 is 0 Å². The highest BCUT2D eigenvalue weighted by Gasteiger charge is 2.03. The van der Waals surface area contributed by atoms with Crippen molar-refractivity contribution in [3.8, 4) is 0 Å². The summed E-state index contributed by atoms with van der Waals surface area (Å²) in [5, 5.41) is 2.68. The fraction of sp³-hybridized carbons (Fsp3) is 0.0833. The molecule has 0 unspecified atom stereocenters. The van der Waals surface area contributed by atoms with Crippen LogP contribution in [0.15, 0.2) is 48.9 Å². The summed E-state index contributed by atoms with van der Waals surface area (Å²) < 4.78 is 0. The molecule has 0 spiro atoms. The molecule has 1 heterocycles. The molecule has 0 atom stereocenters. The van der Waals surface area contributed by atoms with E-state index in [1.165, 1.54) is 12.4 Å². The zero-order valence-corrected chi connectivity index (χ0v) is 8.63. The maximum Gasteiger partial charge on any atom is 0.229 e. The maximum atomic E-state index is 11.6. The van der Waals surface area contributed by atoms with Crippen LogP contribution in [0.3, 0.4) is 0 Å². The van der Waals surface area contributed by atoms with E-state index in [0.29, 0.717) is 12.2 Å². The highest BCUT2D eigenvalue weighted by atomic mass is 16.1. The number of carbonyl (C=O) groups is 1. The lowest BCUT2D eigenvalue weighted by Crippen LogP contribution is -2.15. The molecule has 4 heteroatoms. The van der Waals surface area contributed by atoms with Gasteiger partial charge in [-0.1, -0.05) is 30.3 Å². The van der Waals surface area contributed by atoms with Crippen molar-refractivity contribution in [2.45, 2.75) is 6.42 Å². The average molecular weight is 213 g/mol. The molecule has 0 aliphatic rings. The number of hydrogen-bond acceptors (Lipinski definition) is 3. The van der Waals surface area contributed by atoms with E-state index >= 15 is 0 Å². The molecular formula is C12H11N3O. The Kier molecular flexibility index (Phi) is 3.23. The topological polar surface area (TPSA) is 54.9 Å². The van der Waals surface area contributed by atoms with Gasteiger partial charge in [0.1, 0.15) is 0 Å². The van der Waals surface area contributed by atoms with Crippen LogP contribution in [-0.2, 0) is 11.2 Å². The zero-order chi connectivity index (χ0) is 11.2. The minimum atomic E-state index is -0.0910. The third-order valence-electron chi connectivity index (χ3n) is 2.04. The Morgan fingerprint density at radius 1 is 1.19 bits per heavy atom. The van der Waals surface area contributed by atoms with Crippen LogP contribution in [0.1, 0.15) is 5.56 Å². The van der Waals surface area contributed by atoms with Crippen molar-refractivity contribution in [3.63, 3.8) is 0 Å². The standard InChI is InChI=1S/C12H11N3O/c16-12(8-10-4-2-1-3-5-10)15-11-9-13-6-7-14-11/h1-7,9H,8H2,(H,14,15,16). The molecule has 1 N–H and O–H groups in total. The number of nitrogens with zero attached hydrogens (tertiary/aromatic N) is 2. The van der Waals surface area contributed by atoms with E-state index in [1.807, 2.05) is 30.3 Å². The molecule has 2 aromatic rings. The van der Waals surface area contributed by atoms with Crippen molar-refractivity contribution < 1.29 is 4.79 Å². The van der Waals surface area contributed by atoms with Crippen molar-refractivity contribution >= 4 is 11.7 Å². The van der Waals surface area contributed by atoms with Crippen LogP contribution in [0, 0.1) is 0 Å². The number of anilines is 1. The molecular weight excluding hydrogens is 202 g/mol. The van der Waals surface area contributed by atoms with Gasteiger partial charge in [-0.05, 0) is 5.56 Å². The molecule has 1 aromatic carbocycles. The van der Waals surface area contributed by atoms with Gasteiger partial charge in [0.05, 0.1) is 12.6 Å². The Morgan fingerprint density at radius 3 is 2.69 bits per heavy atom. The highest BCUT2D eigenvalue weighted by molar-refractivity contribution is 5.91. The molecule has 1 amide bonds. The molecule has 0 bridgehead atoms. The molecule has 0 aliphatic heterocycles. The SMILES string of the molecule is O=C(Cc1ccccc1)Nc1cnccn1. The first-order chi connectivity index (χ1) is 7.84. The van der Waals surface area contributed by atoms with Crippen molar-refractivity contribution in [2.24, 2.45) is 0 Å².